The molecule has 120 valence electrons. The van der Waals surface area contributed by atoms with Crippen LogP contribution in [0.4, 0.5) is 5.69 Å². The van der Waals surface area contributed by atoms with E-state index in [9.17, 15) is 13.2 Å². The topological polar surface area (TPSA) is 80.5 Å². The fourth-order valence-corrected chi connectivity index (χ4v) is 4.84. The highest BCUT2D eigenvalue weighted by molar-refractivity contribution is 7.92. The van der Waals surface area contributed by atoms with Gasteiger partial charge in [-0.05, 0) is 37.1 Å². The molecule has 2 unspecified atom stereocenters. The van der Waals surface area contributed by atoms with E-state index >= 15 is 0 Å². The molecule has 3 rings (SSSR count). The van der Waals surface area contributed by atoms with Gasteiger partial charge in [0.1, 0.15) is 0 Å². The maximum Gasteiger partial charge on any atom is 0.264 e. The number of fused-ring (bicyclic) bond motifs is 1. The van der Waals surface area contributed by atoms with Crippen LogP contribution in [0.1, 0.15) is 24.8 Å². The quantitative estimate of drug-likeness (QED) is 0.937. The Morgan fingerprint density at radius 3 is 2.35 bits per heavy atom. The summed E-state index contributed by atoms with van der Waals surface area (Å²) >= 11 is 0. The molecule has 1 aliphatic rings. The van der Waals surface area contributed by atoms with Crippen molar-refractivity contribution in [1.29, 1.82) is 0 Å². The Balaban J connectivity index is 2.17. The van der Waals surface area contributed by atoms with Gasteiger partial charge in [-0.25, -0.2) is 8.42 Å². The van der Waals surface area contributed by atoms with Gasteiger partial charge in [0, 0.05) is 6.04 Å². The summed E-state index contributed by atoms with van der Waals surface area (Å²) in [5, 5.41) is 0. The number of nitrogens with two attached hydrogens (primary N) is 1. The number of carbonyl (C=O) groups excluding carboxylic acids is 1. The molecule has 1 heterocycles. The first kappa shape index (κ1) is 15.6. The van der Waals surface area contributed by atoms with E-state index in [0.29, 0.717) is 17.7 Å². The Bertz CT molecular complexity index is 834. The molecule has 0 radical (unpaired) electrons. The predicted molar refractivity (Wildman–Crippen MR) is 88.6 cm³/mol. The van der Waals surface area contributed by atoms with Crippen molar-refractivity contribution < 1.29 is 13.2 Å². The zero-order valence-corrected chi connectivity index (χ0v) is 13.5. The molecule has 1 amide bonds. The number of carbonyl (C=O) groups is 1. The van der Waals surface area contributed by atoms with Crippen molar-refractivity contribution in [2.45, 2.75) is 30.2 Å². The summed E-state index contributed by atoms with van der Waals surface area (Å²) in [6.07, 6.45) is 0.373. The average molecular weight is 330 g/mol. The summed E-state index contributed by atoms with van der Waals surface area (Å²) in [7, 11) is -3.69. The van der Waals surface area contributed by atoms with Crippen molar-refractivity contribution in [3.05, 3.63) is 60.2 Å². The van der Waals surface area contributed by atoms with Gasteiger partial charge < -0.3 is 5.73 Å². The molecule has 2 aromatic carbocycles. The SMILES string of the molecule is CC1CC(C(N)=O)c2ccccc2N1S(=O)(=O)c1ccccc1. The highest BCUT2D eigenvalue weighted by Gasteiger charge is 2.39. The molecule has 2 N–H and O–H groups in total. The van der Waals surface area contributed by atoms with Gasteiger partial charge in [-0.2, -0.15) is 0 Å². The number of benzene rings is 2. The molecule has 0 saturated carbocycles. The fourth-order valence-electron chi connectivity index (χ4n) is 3.13. The Hall–Kier alpha value is -2.34. The van der Waals surface area contributed by atoms with Gasteiger partial charge in [0.2, 0.25) is 5.91 Å². The molecule has 0 aromatic heterocycles. The van der Waals surface area contributed by atoms with Gasteiger partial charge in [-0.15, -0.1) is 0 Å². The second-order valence-corrected chi connectivity index (χ2v) is 7.53. The van der Waals surface area contributed by atoms with Crippen LogP contribution in [0.3, 0.4) is 0 Å². The van der Waals surface area contributed by atoms with Gasteiger partial charge in [0.25, 0.3) is 10.0 Å². The van der Waals surface area contributed by atoms with Crippen LogP contribution in [0, 0.1) is 0 Å². The van der Waals surface area contributed by atoms with E-state index in [0.717, 1.165) is 0 Å². The summed E-state index contributed by atoms with van der Waals surface area (Å²) in [6.45, 7) is 1.80. The molecule has 6 heteroatoms. The molecular formula is C17H18N2O3S. The maximum atomic E-state index is 13.0. The standard InChI is InChI=1S/C17H18N2O3S/c1-12-11-15(17(18)20)14-9-5-6-10-16(14)19(12)23(21,22)13-7-3-2-4-8-13/h2-10,12,15H,11H2,1H3,(H2,18,20). The number of rotatable bonds is 3. The third-order valence-electron chi connectivity index (χ3n) is 4.17. The zero-order valence-electron chi connectivity index (χ0n) is 12.7. The van der Waals surface area contributed by atoms with Crippen LogP contribution < -0.4 is 10.0 Å². The predicted octanol–water partition coefficient (Wildman–Crippen LogP) is 2.24. The van der Waals surface area contributed by atoms with Crippen molar-refractivity contribution in [3.8, 4) is 0 Å². The number of nitrogens with zero attached hydrogens (tertiary/aromatic N) is 1. The Morgan fingerprint density at radius 2 is 1.70 bits per heavy atom. The molecule has 23 heavy (non-hydrogen) atoms. The van der Waals surface area contributed by atoms with Gasteiger partial charge in [-0.3, -0.25) is 9.10 Å². The highest BCUT2D eigenvalue weighted by Crippen LogP contribution is 2.41. The number of hydrogen-bond donors (Lipinski definition) is 1. The number of amides is 1. The molecule has 2 atom stereocenters. The van der Waals surface area contributed by atoms with E-state index in [1.165, 1.54) is 4.31 Å². The van der Waals surface area contributed by atoms with Crippen molar-refractivity contribution in [2.24, 2.45) is 5.73 Å². The van der Waals surface area contributed by atoms with Crippen LogP contribution >= 0.6 is 0 Å². The van der Waals surface area contributed by atoms with Gasteiger partial charge >= 0.3 is 0 Å². The first-order valence-electron chi connectivity index (χ1n) is 7.40. The Morgan fingerprint density at radius 1 is 1.09 bits per heavy atom. The minimum absolute atomic E-state index is 0.235. The summed E-state index contributed by atoms with van der Waals surface area (Å²) in [5.74, 6) is -0.899. The first-order chi connectivity index (χ1) is 10.9. The van der Waals surface area contributed by atoms with Crippen LogP contribution in [0.15, 0.2) is 59.5 Å². The van der Waals surface area contributed by atoms with Crippen molar-refractivity contribution >= 4 is 21.6 Å². The van der Waals surface area contributed by atoms with Crippen LogP contribution in [-0.2, 0) is 14.8 Å². The van der Waals surface area contributed by atoms with Crippen molar-refractivity contribution in [1.82, 2.24) is 0 Å². The summed E-state index contributed by atoms with van der Waals surface area (Å²) in [6, 6.07) is 15.0. The Kier molecular flexibility index (Phi) is 3.85. The molecular weight excluding hydrogens is 312 g/mol. The second-order valence-electron chi connectivity index (χ2n) is 5.71. The van der Waals surface area contributed by atoms with Crippen LogP contribution in [0.25, 0.3) is 0 Å². The number of hydrogen-bond acceptors (Lipinski definition) is 3. The lowest BCUT2D eigenvalue weighted by molar-refractivity contribution is -0.119. The third kappa shape index (κ3) is 2.59. The molecule has 1 aliphatic heterocycles. The average Bonchev–Trinajstić information content (AvgIpc) is 2.54. The molecule has 0 fully saturated rings. The summed E-state index contributed by atoms with van der Waals surface area (Å²) in [5.41, 5.74) is 6.69. The van der Waals surface area contributed by atoms with Crippen LogP contribution in [0.5, 0.6) is 0 Å². The van der Waals surface area contributed by atoms with E-state index in [2.05, 4.69) is 0 Å². The first-order valence-corrected chi connectivity index (χ1v) is 8.84. The van der Waals surface area contributed by atoms with E-state index in [-0.39, 0.29) is 10.9 Å². The Labute approximate surface area is 135 Å². The smallest absolute Gasteiger partial charge is 0.264 e. The molecule has 0 saturated heterocycles. The monoisotopic (exact) mass is 330 g/mol. The molecule has 0 spiro atoms. The summed E-state index contributed by atoms with van der Waals surface area (Å²) in [4.78, 5) is 12.0. The fraction of sp³-hybridized carbons (Fsp3) is 0.235. The van der Waals surface area contributed by atoms with Gasteiger partial charge in [0.05, 0.1) is 16.5 Å². The zero-order chi connectivity index (χ0) is 16.6. The molecule has 2 aromatic rings. The molecule has 0 bridgehead atoms. The van der Waals surface area contributed by atoms with E-state index < -0.39 is 21.8 Å². The van der Waals surface area contributed by atoms with E-state index in [1.807, 2.05) is 0 Å². The van der Waals surface area contributed by atoms with Crippen molar-refractivity contribution in [3.63, 3.8) is 0 Å². The third-order valence-corrected chi connectivity index (χ3v) is 6.11. The van der Waals surface area contributed by atoms with Crippen LogP contribution in [0.2, 0.25) is 0 Å². The second kappa shape index (κ2) is 5.70. The maximum absolute atomic E-state index is 13.0. The number of primary amides is 1. The number of anilines is 1. The largest absolute Gasteiger partial charge is 0.369 e. The molecule has 5 nitrogen and oxygen atoms in total. The lowest BCUT2D eigenvalue weighted by Gasteiger charge is -2.38. The lowest BCUT2D eigenvalue weighted by Crippen LogP contribution is -2.45. The minimum Gasteiger partial charge on any atom is -0.369 e. The lowest BCUT2D eigenvalue weighted by atomic mass is 9.87. The summed E-state index contributed by atoms with van der Waals surface area (Å²) < 4.78 is 27.5. The normalized spacial score (nSPS) is 20.8. The van der Waals surface area contributed by atoms with Crippen LogP contribution in [-0.4, -0.2) is 20.4 Å². The van der Waals surface area contributed by atoms with E-state index in [4.69, 9.17) is 5.73 Å². The van der Waals surface area contributed by atoms with Gasteiger partial charge in [0.15, 0.2) is 0 Å². The number of sulfonamides is 1. The highest BCUT2D eigenvalue weighted by atomic mass is 32.2. The van der Waals surface area contributed by atoms with Gasteiger partial charge in [-0.1, -0.05) is 36.4 Å². The van der Waals surface area contributed by atoms with Crippen molar-refractivity contribution in [2.75, 3.05) is 4.31 Å². The minimum atomic E-state index is -3.69. The van der Waals surface area contributed by atoms with E-state index in [1.54, 1.807) is 61.5 Å². The molecule has 0 aliphatic carbocycles. The number of para-hydroxylation sites is 1.